The summed E-state index contributed by atoms with van der Waals surface area (Å²) in [5, 5.41) is 1.35. The van der Waals surface area contributed by atoms with Gasteiger partial charge in [0.15, 0.2) is 5.69 Å². The Balaban J connectivity index is 1.55. The average molecular weight is 473 g/mol. The molecule has 0 saturated heterocycles. The molecular formula is C29H34N3OS+. The average Bonchev–Trinajstić information content (AvgIpc) is 3.50. The van der Waals surface area contributed by atoms with E-state index >= 15 is 0 Å². The number of aryl methyl sites for hydroxylation is 3. The maximum absolute atomic E-state index is 5.31. The second-order valence-corrected chi connectivity index (χ2v) is 10.2. The van der Waals surface area contributed by atoms with Crippen LogP contribution in [-0.2, 0) is 13.0 Å². The van der Waals surface area contributed by atoms with E-state index < -0.39 is 0 Å². The normalized spacial score (nSPS) is 15.0. The first-order valence-corrected chi connectivity index (χ1v) is 13.2. The highest BCUT2D eigenvalue weighted by atomic mass is 32.2. The van der Waals surface area contributed by atoms with Crippen molar-refractivity contribution >= 4 is 11.8 Å². The molecule has 3 heterocycles. The van der Waals surface area contributed by atoms with Gasteiger partial charge < -0.3 is 9.30 Å². The predicted molar refractivity (Wildman–Crippen MR) is 140 cm³/mol. The summed E-state index contributed by atoms with van der Waals surface area (Å²) in [5.41, 5.74) is 9.16. The van der Waals surface area contributed by atoms with Crippen LogP contribution in [0.5, 0.6) is 5.75 Å². The van der Waals surface area contributed by atoms with Gasteiger partial charge in [-0.25, -0.2) is 4.57 Å². The summed E-state index contributed by atoms with van der Waals surface area (Å²) in [7, 11) is 1.71. The maximum atomic E-state index is 5.31. The lowest BCUT2D eigenvalue weighted by atomic mass is 10.1. The van der Waals surface area contributed by atoms with Crippen molar-refractivity contribution in [1.82, 2.24) is 9.13 Å². The van der Waals surface area contributed by atoms with Gasteiger partial charge in [0.1, 0.15) is 23.7 Å². The van der Waals surface area contributed by atoms with Gasteiger partial charge >= 0.3 is 5.16 Å². The third-order valence-electron chi connectivity index (χ3n) is 7.17. The van der Waals surface area contributed by atoms with E-state index in [0.717, 1.165) is 30.9 Å². The van der Waals surface area contributed by atoms with Gasteiger partial charge in [0.25, 0.3) is 0 Å². The van der Waals surface area contributed by atoms with E-state index in [1.165, 1.54) is 44.6 Å². The van der Waals surface area contributed by atoms with E-state index in [4.69, 9.17) is 4.74 Å². The van der Waals surface area contributed by atoms with Crippen molar-refractivity contribution in [3.8, 4) is 22.7 Å². The lowest BCUT2D eigenvalue weighted by molar-refractivity contribution is -0.747. The maximum Gasteiger partial charge on any atom is 0.324 e. The number of fused-ring (bicyclic) bond motifs is 1. The van der Waals surface area contributed by atoms with E-state index in [2.05, 4.69) is 90.1 Å². The Kier molecular flexibility index (Phi) is 6.30. The molecule has 0 N–H and O–H groups in total. The van der Waals surface area contributed by atoms with Crippen molar-refractivity contribution in [2.45, 2.75) is 58.3 Å². The van der Waals surface area contributed by atoms with Crippen LogP contribution in [0.15, 0.2) is 66.0 Å². The molecule has 2 aromatic heterocycles. The van der Waals surface area contributed by atoms with Crippen LogP contribution in [0.1, 0.15) is 41.9 Å². The molecule has 34 heavy (non-hydrogen) atoms. The molecule has 0 bridgehead atoms. The summed E-state index contributed by atoms with van der Waals surface area (Å²) in [6, 6.07) is 20.1. The lowest BCUT2D eigenvalue weighted by Crippen LogP contribution is -2.36. The van der Waals surface area contributed by atoms with Crippen LogP contribution in [0.25, 0.3) is 16.9 Å². The van der Waals surface area contributed by atoms with Crippen molar-refractivity contribution in [3.63, 3.8) is 0 Å². The first kappa shape index (κ1) is 22.9. The molecule has 4 aromatic rings. The number of thioether (sulfide) groups is 1. The minimum Gasteiger partial charge on any atom is -0.497 e. The fourth-order valence-electron chi connectivity index (χ4n) is 5.10. The predicted octanol–water partition coefficient (Wildman–Crippen LogP) is 6.47. The van der Waals surface area contributed by atoms with E-state index in [1.807, 2.05) is 23.9 Å². The number of hydrogen-bond donors (Lipinski definition) is 0. The molecule has 0 radical (unpaired) electrons. The molecule has 4 nitrogen and oxygen atoms in total. The van der Waals surface area contributed by atoms with Gasteiger partial charge in [-0.15, -0.1) is 0 Å². The minimum absolute atomic E-state index is 0.558. The molecule has 1 atom stereocenters. The third kappa shape index (κ3) is 3.96. The van der Waals surface area contributed by atoms with Crippen LogP contribution >= 0.6 is 11.8 Å². The molecule has 0 fully saturated rings. The molecule has 1 unspecified atom stereocenters. The molecular weight excluding hydrogens is 438 g/mol. The molecule has 2 aromatic carbocycles. The molecule has 1 aliphatic heterocycles. The Labute approximate surface area is 207 Å². The largest absolute Gasteiger partial charge is 0.497 e. The Bertz CT molecular complexity index is 1320. The summed E-state index contributed by atoms with van der Waals surface area (Å²) in [6.45, 7) is 9.98. The number of ether oxygens (including phenoxy) is 1. The van der Waals surface area contributed by atoms with Gasteiger partial charge in [0.05, 0.1) is 7.11 Å². The molecule has 1 aliphatic rings. The second kappa shape index (κ2) is 9.38. The zero-order chi connectivity index (χ0) is 23.8. The van der Waals surface area contributed by atoms with Gasteiger partial charge in [0.2, 0.25) is 0 Å². The monoisotopic (exact) mass is 472 g/mol. The van der Waals surface area contributed by atoms with Crippen molar-refractivity contribution in [3.05, 3.63) is 83.3 Å². The smallest absolute Gasteiger partial charge is 0.324 e. The van der Waals surface area contributed by atoms with Gasteiger partial charge in [-0.05, 0) is 80.8 Å². The van der Waals surface area contributed by atoms with Gasteiger partial charge in [-0.3, -0.25) is 0 Å². The molecule has 5 heteroatoms. The molecule has 0 spiro atoms. The summed E-state index contributed by atoms with van der Waals surface area (Å²) >= 11 is 1.98. The van der Waals surface area contributed by atoms with Crippen LogP contribution in [0.3, 0.4) is 0 Å². The lowest BCUT2D eigenvalue weighted by Gasteiger charge is -2.11. The first-order chi connectivity index (χ1) is 16.5. The Morgan fingerprint density at radius 1 is 1.06 bits per heavy atom. The highest BCUT2D eigenvalue weighted by Crippen LogP contribution is 2.38. The Morgan fingerprint density at radius 2 is 1.82 bits per heavy atom. The van der Waals surface area contributed by atoms with Crippen LogP contribution in [0.4, 0.5) is 0 Å². The fraction of sp³-hybridized carbons (Fsp3) is 0.345. The summed E-state index contributed by atoms with van der Waals surface area (Å²) in [5.74, 6) is 2.06. The van der Waals surface area contributed by atoms with Gasteiger partial charge in [0, 0.05) is 29.2 Å². The first-order valence-electron chi connectivity index (χ1n) is 12.2. The number of methoxy groups -OCH3 is 1. The number of nitrogens with zero attached hydrogens (tertiary/aromatic N) is 3. The van der Waals surface area contributed by atoms with E-state index in [0.29, 0.717) is 6.04 Å². The fourth-order valence-corrected chi connectivity index (χ4v) is 6.52. The Morgan fingerprint density at radius 3 is 2.53 bits per heavy atom. The number of rotatable bonds is 7. The van der Waals surface area contributed by atoms with Crippen molar-refractivity contribution in [2.75, 3.05) is 12.9 Å². The van der Waals surface area contributed by atoms with Gasteiger partial charge in [-0.2, -0.15) is 4.57 Å². The molecule has 176 valence electrons. The number of hydrogen-bond acceptors (Lipinski definition) is 2. The SMILES string of the molecule is CCC1CSc2n(-c3ccccc3C)c(-c3cc(C)n(CCc4ccc(OC)cc4)c3C)c[n+]21. The van der Waals surface area contributed by atoms with Crippen molar-refractivity contribution < 1.29 is 9.30 Å². The highest BCUT2D eigenvalue weighted by Gasteiger charge is 2.37. The topological polar surface area (TPSA) is 23.0 Å². The summed E-state index contributed by atoms with van der Waals surface area (Å²) in [6.07, 6.45) is 4.55. The van der Waals surface area contributed by atoms with E-state index in [9.17, 15) is 0 Å². The summed E-state index contributed by atoms with van der Waals surface area (Å²) < 4.78 is 12.8. The minimum atomic E-state index is 0.558. The zero-order valence-corrected chi connectivity index (χ0v) is 21.7. The quantitative estimate of drug-likeness (QED) is 0.288. The van der Waals surface area contributed by atoms with Crippen molar-refractivity contribution in [2.24, 2.45) is 0 Å². The molecule has 0 aliphatic carbocycles. The van der Waals surface area contributed by atoms with E-state index in [-0.39, 0.29) is 0 Å². The van der Waals surface area contributed by atoms with Crippen LogP contribution in [-0.4, -0.2) is 22.0 Å². The number of benzene rings is 2. The van der Waals surface area contributed by atoms with Crippen molar-refractivity contribution in [1.29, 1.82) is 0 Å². The Hall–Kier alpha value is -2.92. The number of aromatic nitrogens is 3. The van der Waals surface area contributed by atoms with Crippen LogP contribution < -0.4 is 9.30 Å². The third-order valence-corrected chi connectivity index (χ3v) is 8.38. The standard InChI is InChI=1S/C29H34N3OS/c1-6-24-19-34-29-31(24)18-28(32(29)27-10-8-7-9-20(27)2)26-17-21(3)30(22(26)4)16-15-23-11-13-25(33-5)14-12-23/h7-14,17-18,24H,6,15-16,19H2,1-5H3/q+1. The highest BCUT2D eigenvalue weighted by molar-refractivity contribution is 7.99. The molecule has 0 amide bonds. The van der Waals surface area contributed by atoms with Crippen LogP contribution in [0.2, 0.25) is 0 Å². The molecule has 5 rings (SSSR count). The van der Waals surface area contributed by atoms with Gasteiger partial charge in [-0.1, -0.05) is 37.3 Å². The number of para-hydroxylation sites is 1. The number of imidazole rings is 1. The van der Waals surface area contributed by atoms with Crippen LogP contribution in [0, 0.1) is 20.8 Å². The van der Waals surface area contributed by atoms with E-state index in [1.54, 1.807) is 7.11 Å². The molecule has 0 saturated carbocycles. The zero-order valence-electron chi connectivity index (χ0n) is 20.8. The summed E-state index contributed by atoms with van der Waals surface area (Å²) in [4.78, 5) is 0. The second-order valence-electron chi connectivity index (χ2n) is 9.23.